The Morgan fingerprint density at radius 2 is 1.81 bits per heavy atom. The smallest absolute Gasteiger partial charge is 0.337 e. The number of carbonyl (C=O) groups is 2. The van der Waals surface area contributed by atoms with Crippen molar-refractivity contribution >= 4 is 33.5 Å². The summed E-state index contributed by atoms with van der Waals surface area (Å²) < 4.78 is 5.52. The number of hydrogen-bond acceptors (Lipinski definition) is 3. The van der Waals surface area contributed by atoms with E-state index in [-0.39, 0.29) is 11.3 Å². The van der Waals surface area contributed by atoms with Gasteiger partial charge in [-0.05, 0) is 52.3 Å². The molecular weight excluding hydrogens is 338 g/mol. The Morgan fingerprint density at radius 3 is 2.38 bits per heavy atom. The number of carbonyl (C=O) groups excluding carboxylic acids is 1. The van der Waals surface area contributed by atoms with Crippen LogP contribution in [-0.4, -0.2) is 24.1 Å². The van der Waals surface area contributed by atoms with E-state index < -0.39 is 11.9 Å². The molecule has 0 unspecified atom stereocenters. The van der Waals surface area contributed by atoms with E-state index in [0.29, 0.717) is 15.8 Å². The molecule has 1 amide bonds. The molecular formula is C15H12BrNO4. The van der Waals surface area contributed by atoms with E-state index >= 15 is 0 Å². The third-order valence-electron chi connectivity index (χ3n) is 2.83. The van der Waals surface area contributed by atoms with E-state index in [1.807, 2.05) is 0 Å². The Balaban J connectivity index is 2.29. The van der Waals surface area contributed by atoms with Crippen molar-refractivity contribution in [1.29, 1.82) is 0 Å². The summed E-state index contributed by atoms with van der Waals surface area (Å²) in [6.45, 7) is 0. The molecule has 0 spiro atoms. The molecule has 108 valence electrons. The summed E-state index contributed by atoms with van der Waals surface area (Å²) in [7, 11) is 1.54. The highest BCUT2D eigenvalue weighted by molar-refractivity contribution is 9.10. The second kappa shape index (κ2) is 6.41. The number of rotatable bonds is 4. The van der Waals surface area contributed by atoms with Crippen molar-refractivity contribution in [3.8, 4) is 5.75 Å². The number of nitrogens with one attached hydrogen (secondary N) is 1. The van der Waals surface area contributed by atoms with Gasteiger partial charge in [-0.3, -0.25) is 4.79 Å². The molecule has 0 heterocycles. The minimum atomic E-state index is -1.11. The SMILES string of the molecule is COc1ccc(C(=O)Nc2c(Br)cccc2C(=O)O)cc1. The third kappa shape index (κ3) is 3.41. The van der Waals surface area contributed by atoms with Gasteiger partial charge in [-0.2, -0.15) is 0 Å². The number of benzene rings is 2. The van der Waals surface area contributed by atoms with Crippen LogP contribution in [0, 0.1) is 0 Å². The van der Waals surface area contributed by atoms with Crippen molar-refractivity contribution in [2.24, 2.45) is 0 Å². The van der Waals surface area contributed by atoms with E-state index in [1.54, 1.807) is 36.4 Å². The van der Waals surface area contributed by atoms with E-state index in [0.717, 1.165) is 0 Å². The van der Waals surface area contributed by atoms with E-state index in [1.165, 1.54) is 13.2 Å². The van der Waals surface area contributed by atoms with Gasteiger partial charge in [0.05, 0.1) is 18.4 Å². The van der Waals surface area contributed by atoms with Crippen molar-refractivity contribution in [3.63, 3.8) is 0 Å². The number of amides is 1. The van der Waals surface area contributed by atoms with Crippen LogP contribution in [0.15, 0.2) is 46.9 Å². The lowest BCUT2D eigenvalue weighted by Gasteiger charge is -2.10. The van der Waals surface area contributed by atoms with Crippen LogP contribution in [0.25, 0.3) is 0 Å². The van der Waals surface area contributed by atoms with E-state index in [9.17, 15) is 9.59 Å². The lowest BCUT2D eigenvalue weighted by Crippen LogP contribution is -2.15. The van der Waals surface area contributed by atoms with Gasteiger partial charge in [-0.1, -0.05) is 6.07 Å². The first-order valence-corrected chi connectivity index (χ1v) is 6.79. The second-order valence-electron chi connectivity index (χ2n) is 4.15. The molecule has 2 aromatic carbocycles. The molecule has 0 atom stereocenters. The number of carboxylic acids is 1. The van der Waals surface area contributed by atoms with Gasteiger partial charge in [0, 0.05) is 10.0 Å². The average Bonchev–Trinajstić information content (AvgIpc) is 2.49. The summed E-state index contributed by atoms with van der Waals surface area (Å²) >= 11 is 3.24. The Kier molecular flexibility index (Phi) is 4.59. The van der Waals surface area contributed by atoms with Gasteiger partial charge in [-0.15, -0.1) is 0 Å². The molecule has 2 aromatic rings. The number of methoxy groups -OCH3 is 1. The first-order valence-electron chi connectivity index (χ1n) is 6.00. The van der Waals surface area contributed by atoms with E-state index in [4.69, 9.17) is 9.84 Å². The van der Waals surface area contributed by atoms with Gasteiger partial charge in [0.15, 0.2) is 0 Å². The quantitative estimate of drug-likeness (QED) is 0.886. The largest absolute Gasteiger partial charge is 0.497 e. The summed E-state index contributed by atoms with van der Waals surface area (Å²) in [5.41, 5.74) is 0.653. The lowest BCUT2D eigenvalue weighted by molar-refractivity contribution is 0.0698. The Labute approximate surface area is 129 Å². The van der Waals surface area contributed by atoms with Gasteiger partial charge in [0.2, 0.25) is 0 Å². The zero-order valence-electron chi connectivity index (χ0n) is 11.1. The molecule has 6 heteroatoms. The molecule has 0 bridgehead atoms. The molecule has 0 saturated carbocycles. The van der Waals surface area contributed by atoms with Gasteiger partial charge in [0.25, 0.3) is 5.91 Å². The van der Waals surface area contributed by atoms with Crippen LogP contribution >= 0.6 is 15.9 Å². The summed E-state index contributed by atoms with van der Waals surface area (Å²) in [6.07, 6.45) is 0. The molecule has 2 N–H and O–H groups in total. The Bertz CT molecular complexity index is 683. The van der Waals surface area contributed by atoms with Crippen molar-refractivity contribution < 1.29 is 19.4 Å². The van der Waals surface area contributed by atoms with Gasteiger partial charge >= 0.3 is 5.97 Å². The summed E-state index contributed by atoms with van der Waals surface area (Å²) in [5.74, 6) is -0.868. The lowest BCUT2D eigenvalue weighted by atomic mass is 10.1. The fourth-order valence-corrected chi connectivity index (χ4v) is 2.22. The second-order valence-corrected chi connectivity index (χ2v) is 5.00. The summed E-state index contributed by atoms with van der Waals surface area (Å²) in [6, 6.07) is 11.2. The topological polar surface area (TPSA) is 75.6 Å². The van der Waals surface area contributed by atoms with E-state index in [2.05, 4.69) is 21.2 Å². The fourth-order valence-electron chi connectivity index (χ4n) is 1.76. The number of halogens is 1. The van der Waals surface area contributed by atoms with Crippen molar-refractivity contribution in [2.45, 2.75) is 0 Å². The van der Waals surface area contributed by atoms with Crippen LogP contribution in [0.4, 0.5) is 5.69 Å². The first-order chi connectivity index (χ1) is 10.0. The number of aromatic carboxylic acids is 1. The summed E-state index contributed by atoms with van der Waals surface area (Å²) in [5, 5.41) is 11.8. The maximum absolute atomic E-state index is 12.2. The molecule has 0 saturated heterocycles. The van der Waals surface area contributed by atoms with Crippen LogP contribution in [0.5, 0.6) is 5.75 Å². The molecule has 0 fully saturated rings. The highest BCUT2D eigenvalue weighted by Gasteiger charge is 2.16. The predicted molar refractivity (Wildman–Crippen MR) is 82.0 cm³/mol. The monoisotopic (exact) mass is 349 g/mol. The molecule has 0 aliphatic rings. The van der Waals surface area contributed by atoms with Crippen molar-refractivity contribution in [2.75, 3.05) is 12.4 Å². The molecule has 0 aliphatic carbocycles. The molecule has 0 aromatic heterocycles. The highest BCUT2D eigenvalue weighted by Crippen LogP contribution is 2.27. The predicted octanol–water partition coefficient (Wildman–Crippen LogP) is 3.41. The fraction of sp³-hybridized carbons (Fsp3) is 0.0667. The molecule has 0 aliphatic heterocycles. The number of ether oxygens (including phenoxy) is 1. The molecule has 0 radical (unpaired) electrons. The standard InChI is InChI=1S/C15H12BrNO4/c1-21-10-7-5-9(6-8-10)14(18)17-13-11(15(19)20)3-2-4-12(13)16/h2-8H,1H3,(H,17,18)(H,19,20). The minimum absolute atomic E-state index is 0.0197. The maximum Gasteiger partial charge on any atom is 0.337 e. The zero-order valence-corrected chi connectivity index (χ0v) is 12.7. The Morgan fingerprint density at radius 1 is 1.14 bits per heavy atom. The van der Waals surface area contributed by atoms with Crippen LogP contribution in [0.1, 0.15) is 20.7 Å². The van der Waals surface area contributed by atoms with Crippen LogP contribution in [0.3, 0.4) is 0 Å². The van der Waals surface area contributed by atoms with Crippen LogP contribution < -0.4 is 10.1 Å². The molecule has 2 rings (SSSR count). The molecule has 21 heavy (non-hydrogen) atoms. The minimum Gasteiger partial charge on any atom is -0.497 e. The number of anilines is 1. The maximum atomic E-state index is 12.2. The van der Waals surface area contributed by atoms with Crippen molar-refractivity contribution in [1.82, 2.24) is 0 Å². The zero-order chi connectivity index (χ0) is 15.4. The number of hydrogen-bond donors (Lipinski definition) is 2. The van der Waals surface area contributed by atoms with Gasteiger partial charge < -0.3 is 15.2 Å². The first kappa shape index (κ1) is 15.1. The van der Waals surface area contributed by atoms with Crippen LogP contribution in [0.2, 0.25) is 0 Å². The molecule has 5 nitrogen and oxygen atoms in total. The normalized spacial score (nSPS) is 10.0. The van der Waals surface area contributed by atoms with Gasteiger partial charge in [0.1, 0.15) is 5.75 Å². The summed E-state index contributed by atoms with van der Waals surface area (Å²) in [4.78, 5) is 23.4. The Hall–Kier alpha value is -2.34. The number of carboxylic acid groups (broad SMARTS) is 1. The third-order valence-corrected chi connectivity index (χ3v) is 3.50. The average molecular weight is 350 g/mol. The van der Waals surface area contributed by atoms with Crippen LogP contribution in [-0.2, 0) is 0 Å². The highest BCUT2D eigenvalue weighted by atomic mass is 79.9. The van der Waals surface area contributed by atoms with Gasteiger partial charge in [-0.25, -0.2) is 4.79 Å². The van der Waals surface area contributed by atoms with Crippen molar-refractivity contribution in [3.05, 3.63) is 58.1 Å². The number of para-hydroxylation sites is 1.